The zero-order chi connectivity index (χ0) is 15.0. The highest BCUT2D eigenvalue weighted by Crippen LogP contribution is 2.29. The van der Waals surface area contributed by atoms with Gasteiger partial charge >= 0.3 is 0 Å². The van der Waals surface area contributed by atoms with Crippen LogP contribution in [-0.2, 0) is 6.54 Å². The zero-order valence-electron chi connectivity index (χ0n) is 12.0. The number of fused-ring (bicyclic) bond motifs is 1. The van der Waals surface area contributed by atoms with Gasteiger partial charge in [0.1, 0.15) is 5.82 Å². The number of benzene rings is 2. The van der Waals surface area contributed by atoms with Crippen molar-refractivity contribution in [3.63, 3.8) is 0 Å². The molecule has 0 aliphatic rings. The SMILES string of the molecule is Cc1nc(-c2ccc(F)c3ccccc23)nc(C)c1CN. The highest BCUT2D eigenvalue weighted by Gasteiger charge is 2.12. The van der Waals surface area contributed by atoms with Gasteiger partial charge in [-0.15, -0.1) is 0 Å². The number of rotatable bonds is 2. The summed E-state index contributed by atoms with van der Waals surface area (Å²) in [6.45, 7) is 4.26. The van der Waals surface area contributed by atoms with Crippen LogP contribution < -0.4 is 5.73 Å². The Kier molecular flexibility index (Phi) is 3.39. The van der Waals surface area contributed by atoms with E-state index in [1.165, 1.54) is 6.07 Å². The molecule has 2 N–H and O–H groups in total. The summed E-state index contributed by atoms with van der Waals surface area (Å²) in [7, 11) is 0. The van der Waals surface area contributed by atoms with Gasteiger partial charge in [-0.1, -0.05) is 24.3 Å². The van der Waals surface area contributed by atoms with E-state index in [1.54, 1.807) is 12.1 Å². The van der Waals surface area contributed by atoms with Crippen molar-refractivity contribution in [3.05, 3.63) is 59.2 Å². The molecule has 0 fully saturated rings. The molecule has 0 spiro atoms. The average Bonchev–Trinajstić information content (AvgIpc) is 2.47. The molecule has 0 amide bonds. The van der Waals surface area contributed by atoms with Gasteiger partial charge in [0.2, 0.25) is 0 Å². The molecular formula is C17H16FN3. The van der Waals surface area contributed by atoms with E-state index in [4.69, 9.17) is 5.73 Å². The van der Waals surface area contributed by atoms with E-state index in [2.05, 4.69) is 9.97 Å². The molecule has 0 unspecified atom stereocenters. The van der Waals surface area contributed by atoms with Crippen molar-refractivity contribution in [2.45, 2.75) is 20.4 Å². The van der Waals surface area contributed by atoms with Crippen molar-refractivity contribution in [2.24, 2.45) is 5.73 Å². The Hall–Kier alpha value is -2.33. The van der Waals surface area contributed by atoms with Crippen molar-refractivity contribution >= 4 is 10.8 Å². The molecule has 2 aromatic carbocycles. The number of halogens is 1. The van der Waals surface area contributed by atoms with Gasteiger partial charge in [-0.05, 0) is 31.4 Å². The van der Waals surface area contributed by atoms with Crippen LogP contribution in [0.15, 0.2) is 36.4 Å². The summed E-state index contributed by atoms with van der Waals surface area (Å²) in [4.78, 5) is 9.08. The smallest absolute Gasteiger partial charge is 0.160 e. The second-order valence-electron chi connectivity index (χ2n) is 5.04. The highest BCUT2D eigenvalue weighted by molar-refractivity contribution is 5.95. The minimum atomic E-state index is -0.235. The first-order valence-electron chi connectivity index (χ1n) is 6.83. The molecule has 106 valence electrons. The van der Waals surface area contributed by atoms with Crippen molar-refractivity contribution in [1.29, 1.82) is 0 Å². The van der Waals surface area contributed by atoms with Crippen LogP contribution in [0, 0.1) is 19.7 Å². The maximum Gasteiger partial charge on any atom is 0.160 e. The molecule has 0 saturated heterocycles. The summed E-state index contributed by atoms with van der Waals surface area (Å²) in [5, 5.41) is 1.40. The minimum Gasteiger partial charge on any atom is -0.326 e. The van der Waals surface area contributed by atoms with Crippen molar-refractivity contribution < 1.29 is 4.39 Å². The van der Waals surface area contributed by atoms with Crippen LogP contribution in [0.25, 0.3) is 22.2 Å². The third-order valence-corrected chi connectivity index (χ3v) is 3.74. The monoisotopic (exact) mass is 281 g/mol. The molecule has 4 heteroatoms. The Bertz CT molecular complexity index is 804. The van der Waals surface area contributed by atoms with Gasteiger partial charge in [0, 0.05) is 34.4 Å². The van der Waals surface area contributed by atoms with Gasteiger partial charge in [0.15, 0.2) is 5.82 Å². The van der Waals surface area contributed by atoms with Crippen LogP contribution in [-0.4, -0.2) is 9.97 Å². The molecule has 0 radical (unpaired) electrons. The second-order valence-corrected chi connectivity index (χ2v) is 5.04. The predicted molar refractivity (Wildman–Crippen MR) is 82.3 cm³/mol. The fraction of sp³-hybridized carbons (Fsp3) is 0.176. The summed E-state index contributed by atoms with van der Waals surface area (Å²) in [5.74, 6) is 0.375. The van der Waals surface area contributed by atoms with Gasteiger partial charge in [-0.2, -0.15) is 0 Å². The molecular weight excluding hydrogens is 265 g/mol. The van der Waals surface area contributed by atoms with Gasteiger partial charge in [-0.3, -0.25) is 0 Å². The topological polar surface area (TPSA) is 51.8 Å². The number of hydrogen-bond donors (Lipinski definition) is 1. The standard InChI is InChI=1S/C17H16FN3/c1-10-15(9-19)11(2)21-17(20-10)14-7-8-16(18)13-6-4-3-5-12(13)14/h3-8H,9,19H2,1-2H3. The van der Waals surface area contributed by atoms with Crippen LogP contribution in [0.3, 0.4) is 0 Å². The summed E-state index contributed by atoms with van der Waals surface area (Å²) in [6.07, 6.45) is 0. The van der Waals surface area contributed by atoms with Crippen LogP contribution in [0.1, 0.15) is 17.0 Å². The first-order chi connectivity index (χ1) is 10.1. The molecule has 0 atom stereocenters. The van der Waals surface area contributed by atoms with E-state index in [0.29, 0.717) is 17.8 Å². The third-order valence-electron chi connectivity index (χ3n) is 3.74. The lowest BCUT2D eigenvalue weighted by atomic mass is 10.0. The van der Waals surface area contributed by atoms with E-state index in [0.717, 1.165) is 27.9 Å². The van der Waals surface area contributed by atoms with Crippen molar-refractivity contribution in [3.8, 4) is 11.4 Å². The number of nitrogens with zero attached hydrogens (tertiary/aromatic N) is 2. The summed E-state index contributed by atoms with van der Waals surface area (Å²) in [5.41, 5.74) is 9.26. The zero-order valence-corrected chi connectivity index (χ0v) is 12.0. The van der Waals surface area contributed by atoms with E-state index in [-0.39, 0.29) is 5.82 Å². The predicted octanol–water partition coefficient (Wildman–Crippen LogP) is 3.51. The molecule has 0 aliphatic heterocycles. The molecule has 21 heavy (non-hydrogen) atoms. The average molecular weight is 281 g/mol. The molecule has 1 heterocycles. The lowest BCUT2D eigenvalue weighted by Crippen LogP contribution is -2.07. The first kappa shape index (κ1) is 13.6. The Labute approximate surface area is 122 Å². The molecule has 3 aromatic rings. The lowest BCUT2D eigenvalue weighted by molar-refractivity contribution is 0.640. The molecule has 1 aromatic heterocycles. The largest absolute Gasteiger partial charge is 0.326 e. The maximum absolute atomic E-state index is 13.9. The van der Waals surface area contributed by atoms with Crippen molar-refractivity contribution in [1.82, 2.24) is 9.97 Å². The molecule has 3 rings (SSSR count). The van der Waals surface area contributed by atoms with Gasteiger partial charge in [-0.25, -0.2) is 14.4 Å². The maximum atomic E-state index is 13.9. The Morgan fingerprint density at radius 3 is 2.19 bits per heavy atom. The number of aryl methyl sites for hydroxylation is 2. The lowest BCUT2D eigenvalue weighted by Gasteiger charge is -2.11. The Morgan fingerprint density at radius 2 is 1.57 bits per heavy atom. The van der Waals surface area contributed by atoms with E-state index in [9.17, 15) is 4.39 Å². The highest BCUT2D eigenvalue weighted by atomic mass is 19.1. The fourth-order valence-corrected chi connectivity index (χ4v) is 2.61. The second kappa shape index (κ2) is 5.22. The van der Waals surface area contributed by atoms with Crippen LogP contribution in [0.5, 0.6) is 0 Å². The molecule has 0 aliphatic carbocycles. The minimum absolute atomic E-state index is 0.235. The van der Waals surface area contributed by atoms with Gasteiger partial charge in [0.05, 0.1) is 0 Å². The summed E-state index contributed by atoms with van der Waals surface area (Å²) >= 11 is 0. The Balaban J connectivity index is 2.29. The summed E-state index contributed by atoms with van der Waals surface area (Å²) < 4.78 is 13.9. The molecule has 3 nitrogen and oxygen atoms in total. The Morgan fingerprint density at radius 1 is 0.952 bits per heavy atom. The third kappa shape index (κ3) is 2.28. The quantitative estimate of drug-likeness (QED) is 0.782. The van der Waals surface area contributed by atoms with E-state index in [1.807, 2.05) is 32.0 Å². The fourth-order valence-electron chi connectivity index (χ4n) is 2.61. The van der Waals surface area contributed by atoms with Crippen molar-refractivity contribution in [2.75, 3.05) is 0 Å². The van der Waals surface area contributed by atoms with Gasteiger partial charge < -0.3 is 5.73 Å². The number of hydrogen-bond acceptors (Lipinski definition) is 3. The van der Waals surface area contributed by atoms with Crippen LogP contribution in [0.4, 0.5) is 4.39 Å². The van der Waals surface area contributed by atoms with Crippen LogP contribution in [0.2, 0.25) is 0 Å². The molecule has 0 saturated carbocycles. The van der Waals surface area contributed by atoms with E-state index >= 15 is 0 Å². The first-order valence-corrected chi connectivity index (χ1v) is 6.83. The number of aromatic nitrogens is 2. The van der Waals surface area contributed by atoms with E-state index < -0.39 is 0 Å². The number of nitrogens with two attached hydrogens (primary N) is 1. The summed E-state index contributed by atoms with van der Waals surface area (Å²) in [6, 6.07) is 10.6. The van der Waals surface area contributed by atoms with Gasteiger partial charge in [0.25, 0.3) is 0 Å². The molecule has 0 bridgehead atoms. The van der Waals surface area contributed by atoms with Crippen LogP contribution >= 0.6 is 0 Å². The normalized spacial score (nSPS) is 11.0.